The van der Waals surface area contributed by atoms with E-state index in [4.69, 9.17) is 11.5 Å². The first-order valence-electron chi connectivity index (χ1n) is 6.28. The summed E-state index contributed by atoms with van der Waals surface area (Å²) in [4.78, 5) is 0. The molecule has 2 rings (SSSR count). The van der Waals surface area contributed by atoms with Crippen LogP contribution >= 0.6 is 0 Å². The van der Waals surface area contributed by atoms with Crippen LogP contribution in [0.15, 0.2) is 48.5 Å². The summed E-state index contributed by atoms with van der Waals surface area (Å²) in [5.41, 5.74) is 14.4. The molecule has 0 radical (unpaired) electrons. The maximum absolute atomic E-state index is 5.75. The first kappa shape index (κ1) is 23.6. The third-order valence-electron chi connectivity index (χ3n) is 2.28. The van der Waals surface area contributed by atoms with Gasteiger partial charge in [0.1, 0.15) is 0 Å². The van der Waals surface area contributed by atoms with Crippen molar-refractivity contribution in [3.63, 3.8) is 0 Å². The Hall–Kier alpha value is -0.510. The van der Waals surface area contributed by atoms with Gasteiger partial charge in [-0.3, -0.25) is 0 Å². The smallest absolute Gasteiger partial charge is 0.680 e. The van der Waals surface area contributed by atoms with Crippen LogP contribution in [0.5, 0.6) is 0 Å². The molecule has 0 saturated heterocycles. The summed E-state index contributed by atoms with van der Waals surface area (Å²) in [6.45, 7) is 4.32. The van der Waals surface area contributed by atoms with Crippen molar-refractivity contribution in [3.05, 3.63) is 71.1 Å². The van der Waals surface area contributed by atoms with Gasteiger partial charge in [-0.25, -0.2) is 24.3 Å². The second kappa shape index (κ2) is 19.8. The van der Waals surface area contributed by atoms with E-state index in [1.54, 1.807) is 0 Å². The fourth-order valence-electron chi connectivity index (χ4n) is 1.30. The minimum absolute atomic E-state index is 0. The Balaban J connectivity index is -0.000000205. The monoisotopic (exact) mass is 426 g/mol. The normalized spacial score (nSPS) is 7.47. The van der Waals surface area contributed by atoms with Crippen molar-refractivity contribution in [2.45, 2.75) is 26.7 Å². The van der Waals surface area contributed by atoms with Gasteiger partial charge in [-0.2, -0.15) is 49.5 Å². The Bertz CT molecular complexity index is 278. The first-order valence-corrected chi connectivity index (χ1v) is 6.28. The molecule has 2 aromatic carbocycles. The second-order valence-electron chi connectivity index (χ2n) is 3.29. The fraction of sp³-hybridized carbons (Fsp3) is 0.375. The van der Waals surface area contributed by atoms with E-state index < -0.39 is 0 Å². The molecule has 0 aliphatic carbocycles. The van der Waals surface area contributed by atoms with Crippen LogP contribution in [0.1, 0.15) is 25.0 Å². The van der Waals surface area contributed by atoms with Crippen molar-refractivity contribution in [1.82, 2.24) is 0 Å². The summed E-state index contributed by atoms with van der Waals surface area (Å²) in [5.74, 6) is 0. The van der Waals surface area contributed by atoms with E-state index >= 15 is 0 Å². The molecule has 2 N–H and O–H groups in total. The zero-order valence-electron chi connectivity index (χ0n) is 12.5. The fourth-order valence-corrected chi connectivity index (χ4v) is 1.30. The van der Waals surface area contributed by atoms with Gasteiger partial charge in [0.15, 0.2) is 0 Å². The van der Waals surface area contributed by atoms with E-state index in [0.717, 1.165) is 12.8 Å². The Morgan fingerprint density at radius 1 is 0.632 bits per heavy atom. The van der Waals surface area contributed by atoms with E-state index in [-0.39, 0.29) is 25.8 Å². The molecular weight excluding hydrogens is 399 g/mol. The van der Waals surface area contributed by atoms with Crippen molar-refractivity contribution in [2.75, 3.05) is 14.1 Å². The van der Waals surface area contributed by atoms with E-state index in [9.17, 15) is 0 Å². The van der Waals surface area contributed by atoms with Crippen LogP contribution in [0.25, 0.3) is 11.5 Å². The van der Waals surface area contributed by atoms with Gasteiger partial charge in [0.25, 0.3) is 0 Å². The van der Waals surface area contributed by atoms with E-state index in [2.05, 4.69) is 62.4 Å². The third kappa shape index (κ3) is 13.7. The first-order chi connectivity index (χ1) is 8.86. The molecule has 0 bridgehead atoms. The topological polar surface area (TPSA) is 47.6 Å². The quantitative estimate of drug-likeness (QED) is 0.466. The van der Waals surface area contributed by atoms with Crippen molar-refractivity contribution in [2.24, 2.45) is 0 Å². The Kier molecular flexibility index (Phi) is 24.6. The Morgan fingerprint density at radius 3 is 0.947 bits per heavy atom. The van der Waals surface area contributed by atoms with Crippen molar-refractivity contribution >= 4 is 0 Å². The third-order valence-corrected chi connectivity index (χ3v) is 2.28. The average molecular weight is 425 g/mol. The maximum atomic E-state index is 5.75. The molecule has 3 heteroatoms. The molecule has 19 heavy (non-hydrogen) atoms. The minimum Gasteiger partial charge on any atom is -0.680 e. The van der Waals surface area contributed by atoms with Gasteiger partial charge in [-0.1, -0.05) is 26.7 Å². The average Bonchev–Trinajstić information content (AvgIpc) is 3.17. The molecule has 0 saturated carbocycles. The standard InChI is InChI=1S/2C7H9.2CH4N.Hf/c2*1-2-7-5-3-4-6-7;2*1-2;/h2*3-6H,2H2,1H3;2*2H,1H3;/q4*-1;+4. The number of hydrogen-bond donors (Lipinski definition) is 0. The van der Waals surface area contributed by atoms with Crippen LogP contribution in [0.3, 0.4) is 0 Å². The van der Waals surface area contributed by atoms with E-state index in [1.807, 2.05) is 0 Å². The zero-order valence-corrected chi connectivity index (χ0v) is 16.1. The van der Waals surface area contributed by atoms with Crippen LogP contribution in [0, 0.1) is 0 Å². The zero-order chi connectivity index (χ0) is 14.2. The van der Waals surface area contributed by atoms with Gasteiger partial charge in [0.2, 0.25) is 0 Å². The van der Waals surface area contributed by atoms with Gasteiger partial charge in [-0.05, 0) is 0 Å². The van der Waals surface area contributed by atoms with Crippen LogP contribution in [-0.2, 0) is 38.7 Å². The van der Waals surface area contributed by atoms with E-state index in [1.165, 1.54) is 25.2 Å². The number of nitrogens with one attached hydrogen (secondary N) is 2. The summed E-state index contributed by atoms with van der Waals surface area (Å²) in [6.07, 6.45) is 2.32. The molecule has 0 fully saturated rings. The minimum atomic E-state index is 0. The number of rotatable bonds is 2. The molecule has 0 aliphatic rings. The van der Waals surface area contributed by atoms with Crippen molar-refractivity contribution < 1.29 is 25.8 Å². The van der Waals surface area contributed by atoms with Gasteiger partial charge < -0.3 is 11.5 Å². The molecule has 104 valence electrons. The summed E-state index contributed by atoms with van der Waals surface area (Å²) in [7, 11) is 2.50. The van der Waals surface area contributed by atoms with E-state index in [0.29, 0.717) is 0 Å². The molecular formula is C16H26HfN2. The molecule has 0 heterocycles. The molecule has 0 unspecified atom stereocenters. The molecule has 0 spiro atoms. The van der Waals surface area contributed by atoms with Crippen LogP contribution in [0.2, 0.25) is 0 Å². The summed E-state index contributed by atoms with van der Waals surface area (Å²) in [5, 5.41) is 0. The molecule has 0 aliphatic heterocycles. The molecule has 0 aromatic heterocycles. The van der Waals surface area contributed by atoms with Crippen LogP contribution in [-0.4, -0.2) is 14.1 Å². The molecule has 0 amide bonds. The summed E-state index contributed by atoms with van der Waals surface area (Å²) < 4.78 is 0. The van der Waals surface area contributed by atoms with Crippen LogP contribution in [0.4, 0.5) is 0 Å². The summed E-state index contributed by atoms with van der Waals surface area (Å²) in [6, 6.07) is 16.8. The Morgan fingerprint density at radius 2 is 0.842 bits per heavy atom. The van der Waals surface area contributed by atoms with Crippen molar-refractivity contribution in [1.29, 1.82) is 0 Å². The van der Waals surface area contributed by atoms with Gasteiger partial charge in [0.05, 0.1) is 0 Å². The largest absolute Gasteiger partial charge is 4.00 e. The number of hydrogen-bond acceptors (Lipinski definition) is 0. The molecule has 0 atom stereocenters. The summed E-state index contributed by atoms with van der Waals surface area (Å²) >= 11 is 0. The van der Waals surface area contributed by atoms with Gasteiger partial charge >= 0.3 is 25.8 Å². The van der Waals surface area contributed by atoms with Crippen LogP contribution < -0.4 is 0 Å². The van der Waals surface area contributed by atoms with Gasteiger partial charge in [0, 0.05) is 0 Å². The SMILES string of the molecule is CC[c-]1cccc1.CC[c-]1cccc1.C[NH-].C[NH-].[Hf+4]. The number of aryl methyl sites for hydroxylation is 2. The van der Waals surface area contributed by atoms with Gasteiger partial charge in [-0.15, -0.1) is 0 Å². The second-order valence-corrected chi connectivity index (χ2v) is 3.29. The molecule has 2 aromatic rings. The predicted molar refractivity (Wildman–Crippen MR) is 83.3 cm³/mol. The molecule has 2 nitrogen and oxygen atoms in total. The van der Waals surface area contributed by atoms with Crippen molar-refractivity contribution in [3.8, 4) is 0 Å². The Labute approximate surface area is 137 Å². The predicted octanol–water partition coefficient (Wildman–Crippen LogP) is 5.27. The maximum Gasteiger partial charge on any atom is 4.00 e.